The number of methoxy groups -OCH3 is 1. The first-order valence-electron chi connectivity index (χ1n) is 10.0. The van der Waals surface area contributed by atoms with Gasteiger partial charge in [0.05, 0.1) is 25.7 Å². The van der Waals surface area contributed by atoms with Crippen molar-refractivity contribution in [3.63, 3.8) is 0 Å². The van der Waals surface area contributed by atoms with Crippen LogP contribution in [-0.4, -0.2) is 50.8 Å². The summed E-state index contributed by atoms with van der Waals surface area (Å²) in [7, 11) is 1.68. The summed E-state index contributed by atoms with van der Waals surface area (Å²) in [6.07, 6.45) is 8.72. The molecule has 1 atom stereocenters. The first-order valence-corrected chi connectivity index (χ1v) is 10.0. The Hall–Kier alpha value is -2.74. The van der Waals surface area contributed by atoms with Crippen LogP contribution >= 0.6 is 0 Å². The molecule has 4 heterocycles. The van der Waals surface area contributed by atoms with Gasteiger partial charge < -0.3 is 15.4 Å². The van der Waals surface area contributed by atoms with Crippen LogP contribution in [0.4, 0.5) is 5.82 Å². The van der Waals surface area contributed by atoms with Crippen molar-refractivity contribution in [2.45, 2.75) is 45.1 Å². The molecular weight excluding hydrogens is 354 g/mol. The Morgan fingerprint density at radius 2 is 2.04 bits per heavy atom. The van der Waals surface area contributed by atoms with Gasteiger partial charge in [-0.2, -0.15) is 5.10 Å². The average Bonchev–Trinajstić information content (AvgIpc) is 3.30. The normalized spacial score (nSPS) is 18.6. The SMILES string of the molecule is CC.COc1cc2ncc(-c3cncc(N[C@@H]4CCNC4)n3)n2nc1C1CC1. The van der Waals surface area contributed by atoms with Crippen LogP contribution in [0, 0.1) is 0 Å². The van der Waals surface area contributed by atoms with E-state index in [0.717, 1.165) is 66.6 Å². The lowest BCUT2D eigenvalue weighted by atomic mass is 10.2. The summed E-state index contributed by atoms with van der Waals surface area (Å²) >= 11 is 0. The number of hydrogen-bond acceptors (Lipinski definition) is 7. The van der Waals surface area contributed by atoms with Gasteiger partial charge in [0.25, 0.3) is 0 Å². The zero-order valence-electron chi connectivity index (χ0n) is 16.6. The second-order valence-electron chi connectivity index (χ2n) is 6.91. The van der Waals surface area contributed by atoms with E-state index in [1.165, 1.54) is 0 Å². The third-order valence-corrected chi connectivity index (χ3v) is 4.98. The number of anilines is 1. The summed E-state index contributed by atoms with van der Waals surface area (Å²) in [5.74, 6) is 2.08. The van der Waals surface area contributed by atoms with Crippen molar-refractivity contribution in [2.75, 3.05) is 25.5 Å². The van der Waals surface area contributed by atoms with E-state index in [4.69, 9.17) is 14.8 Å². The molecule has 1 aliphatic carbocycles. The predicted molar refractivity (Wildman–Crippen MR) is 109 cm³/mol. The molecule has 5 rings (SSSR count). The van der Waals surface area contributed by atoms with E-state index >= 15 is 0 Å². The number of aromatic nitrogens is 5. The van der Waals surface area contributed by atoms with Gasteiger partial charge in [0.2, 0.25) is 0 Å². The molecule has 0 aromatic carbocycles. The van der Waals surface area contributed by atoms with E-state index in [-0.39, 0.29) is 0 Å². The van der Waals surface area contributed by atoms with Crippen LogP contribution in [-0.2, 0) is 0 Å². The maximum atomic E-state index is 5.50. The van der Waals surface area contributed by atoms with Crippen LogP contribution in [0.25, 0.3) is 17.0 Å². The van der Waals surface area contributed by atoms with Crippen LogP contribution in [0.15, 0.2) is 24.7 Å². The molecule has 8 heteroatoms. The summed E-state index contributed by atoms with van der Waals surface area (Å²) in [6, 6.07) is 2.34. The lowest BCUT2D eigenvalue weighted by Gasteiger charge is -2.12. The van der Waals surface area contributed by atoms with Gasteiger partial charge in [-0.3, -0.25) is 4.98 Å². The van der Waals surface area contributed by atoms with Crippen LogP contribution in [0.5, 0.6) is 5.75 Å². The molecule has 0 unspecified atom stereocenters. The molecule has 148 valence electrons. The molecule has 3 aromatic rings. The van der Waals surface area contributed by atoms with E-state index in [0.29, 0.717) is 12.0 Å². The van der Waals surface area contributed by atoms with Gasteiger partial charge in [-0.05, 0) is 25.8 Å². The number of hydrogen-bond donors (Lipinski definition) is 2. The number of fused-ring (bicyclic) bond motifs is 1. The van der Waals surface area contributed by atoms with Crippen LogP contribution in [0.3, 0.4) is 0 Å². The standard InChI is InChI=1S/C18H21N7O.C2H6/c1-26-15-6-17-21-9-14(25(17)24-18(15)11-2-3-11)13-8-20-10-16(23-13)22-12-4-5-19-7-12;1-2/h6,8-12,19H,2-5,7H2,1H3,(H,22,23);1-2H3/t12-;/m1./s1. The Morgan fingerprint density at radius 3 is 2.75 bits per heavy atom. The summed E-state index contributed by atoms with van der Waals surface area (Å²) in [4.78, 5) is 13.6. The molecule has 1 saturated carbocycles. The van der Waals surface area contributed by atoms with Gasteiger partial charge in [-0.25, -0.2) is 14.5 Å². The molecule has 1 aliphatic heterocycles. The van der Waals surface area contributed by atoms with Crippen LogP contribution in [0.1, 0.15) is 44.7 Å². The Balaban J connectivity index is 0.000000932. The monoisotopic (exact) mass is 381 g/mol. The molecule has 0 radical (unpaired) electrons. The third kappa shape index (κ3) is 3.64. The fourth-order valence-electron chi connectivity index (χ4n) is 3.44. The molecule has 28 heavy (non-hydrogen) atoms. The van der Waals surface area contributed by atoms with Crippen molar-refractivity contribution in [1.82, 2.24) is 29.9 Å². The topological polar surface area (TPSA) is 89.3 Å². The second kappa shape index (κ2) is 8.10. The lowest BCUT2D eigenvalue weighted by Crippen LogP contribution is -2.22. The highest BCUT2D eigenvalue weighted by molar-refractivity contribution is 5.61. The van der Waals surface area contributed by atoms with Crippen molar-refractivity contribution < 1.29 is 4.74 Å². The summed E-state index contributed by atoms with van der Waals surface area (Å²) in [5.41, 5.74) is 3.35. The first kappa shape index (κ1) is 18.6. The highest BCUT2D eigenvalue weighted by atomic mass is 16.5. The zero-order valence-corrected chi connectivity index (χ0v) is 16.6. The Labute approximate surface area is 164 Å². The lowest BCUT2D eigenvalue weighted by molar-refractivity contribution is 0.405. The molecule has 8 nitrogen and oxygen atoms in total. The van der Waals surface area contributed by atoms with E-state index in [2.05, 4.69) is 20.6 Å². The Morgan fingerprint density at radius 1 is 1.18 bits per heavy atom. The van der Waals surface area contributed by atoms with Crippen molar-refractivity contribution >= 4 is 11.5 Å². The number of ether oxygens (including phenoxy) is 1. The smallest absolute Gasteiger partial charge is 0.157 e. The number of nitrogens with one attached hydrogen (secondary N) is 2. The number of nitrogens with zero attached hydrogens (tertiary/aromatic N) is 5. The minimum atomic E-state index is 0.394. The van der Waals surface area contributed by atoms with E-state index in [1.54, 1.807) is 25.7 Å². The molecule has 0 amide bonds. The summed E-state index contributed by atoms with van der Waals surface area (Å²) in [5, 5.41) is 11.6. The first-order chi connectivity index (χ1) is 13.8. The molecule has 2 N–H and O–H groups in total. The average molecular weight is 381 g/mol. The molecule has 0 bridgehead atoms. The van der Waals surface area contributed by atoms with Crippen LogP contribution < -0.4 is 15.4 Å². The Kier molecular flexibility index (Phi) is 5.38. The molecule has 3 aromatic heterocycles. The van der Waals surface area contributed by atoms with Gasteiger partial charge in [0.1, 0.15) is 28.6 Å². The van der Waals surface area contributed by atoms with E-state index < -0.39 is 0 Å². The quantitative estimate of drug-likeness (QED) is 0.702. The van der Waals surface area contributed by atoms with Crippen molar-refractivity contribution in [3.05, 3.63) is 30.4 Å². The number of imidazole rings is 1. The van der Waals surface area contributed by atoms with Crippen molar-refractivity contribution in [1.29, 1.82) is 0 Å². The highest BCUT2D eigenvalue weighted by Crippen LogP contribution is 2.43. The molecule has 2 aliphatic rings. The van der Waals surface area contributed by atoms with Crippen LogP contribution in [0.2, 0.25) is 0 Å². The molecule has 0 spiro atoms. The maximum Gasteiger partial charge on any atom is 0.157 e. The van der Waals surface area contributed by atoms with Gasteiger partial charge in [-0.15, -0.1) is 0 Å². The largest absolute Gasteiger partial charge is 0.495 e. The summed E-state index contributed by atoms with van der Waals surface area (Å²) in [6.45, 7) is 5.99. The molecule has 1 saturated heterocycles. The maximum absolute atomic E-state index is 5.50. The fourth-order valence-corrected chi connectivity index (χ4v) is 3.44. The number of rotatable bonds is 5. The van der Waals surface area contributed by atoms with E-state index in [9.17, 15) is 0 Å². The van der Waals surface area contributed by atoms with Crippen molar-refractivity contribution in [3.8, 4) is 17.1 Å². The third-order valence-electron chi connectivity index (χ3n) is 4.98. The van der Waals surface area contributed by atoms with E-state index in [1.807, 2.05) is 24.4 Å². The van der Waals surface area contributed by atoms with Gasteiger partial charge in [-0.1, -0.05) is 13.8 Å². The molecule has 2 fully saturated rings. The van der Waals surface area contributed by atoms with Gasteiger partial charge >= 0.3 is 0 Å². The highest BCUT2D eigenvalue weighted by Gasteiger charge is 2.29. The minimum absolute atomic E-state index is 0.394. The predicted octanol–water partition coefficient (Wildman–Crippen LogP) is 2.87. The Bertz CT molecular complexity index is 945. The summed E-state index contributed by atoms with van der Waals surface area (Å²) < 4.78 is 7.35. The fraction of sp³-hybridized carbons (Fsp3) is 0.500. The van der Waals surface area contributed by atoms with Crippen molar-refractivity contribution in [2.24, 2.45) is 0 Å². The minimum Gasteiger partial charge on any atom is -0.495 e. The van der Waals surface area contributed by atoms with Gasteiger partial charge in [0.15, 0.2) is 5.65 Å². The second-order valence-corrected chi connectivity index (χ2v) is 6.91. The van der Waals surface area contributed by atoms with Gasteiger partial charge in [0, 0.05) is 24.6 Å². The zero-order chi connectivity index (χ0) is 19.5. The molecular formula is C20H27N7O.